The van der Waals surface area contributed by atoms with Crippen molar-refractivity contribution in [3.05, 3.63) is 35.1 Å². The molecule has 110 valence electrons. The summed E-state index contributed by atoms with van der Waals surface area (Å²) in [5, 5.41) is 7.40. The van der Waals surface area contributed by atoms with Crippen molar-refractivity contribution in [2.45, 2.75) is 19.5 Å². The Kier molecular flexibility index (Phi) is 4.40. The Labute approximate surface area is 119 Å². The average Bonchev–Trinajstić information content (AvgIpc) is 2.72. The van der Waals surface area contributed by atoms with E-state index in [-0.39, 0.29) is 17.2 Å². The van der Waals surface area contributed by atoms with Gasteiger partial charge in [0.25, 0.3) is 0 Å². The van der Waals surface area contributed by atoms with Gasteiger partial charge in [0.1, 0.15) is 11.7 Å². The van der Waals surface area contributed by atoms with Crippen molar-refractivity contribution in [3.63, 3.8) is 0 Å². The quantitative estimate of drug-likeness (QED) is 0.648. The van der Waals surface area contributed by atoms with Crippen molar-refractivity contribution < 1.29 is 4.39 Å². The molecule has 2 unspecified atom stereocenters. The van der Waals surface area contributed by atoms with E-state index in [0.29, 0.717) is 24.1 Å². The number of nitrogens with zero attached hydrogens (tertiary/aromatic N) is 2. The van der Waals surface area contributed by atoms with E-state index in [1.807, 2.05) is 0 Å². The van der Waals surface area contributed by atoms with Crippen LogP contribution in [0.15, 0.2) is 18.2 Å². The molecule has 3 N–H and O–H groups in total. The highest BCUT2D eigenvalue weighted by Crippen LogP contribution is 2.23. The highest BCUT2D eigenvalue weighted by molar-refractivity contribution is 5.95. The number of hydrogen-bond acceptors (Lipinski definition) is 3. The van der Waals surface area contributed by atoms with Crippen molar-refractivity contribution in [1.29, 1.82) is 5.41 Å². The number of benzene rings is 1. The number of nitrogens with one attached hydrogen (secondary N) is 1. The molecule has 0 radical (unpaired) electrons. The summed E-state index contributed by atoms with van der Waals surface area (Å²) in [4.78, 5) is 4.49. The Balaban J connectivity index is 2.12. The van der Waals surface area contributed by atoms with Gasteiger partial charge in [-0.3, -0.25) is 10.3 Å². The number of nitrogens with two attached hydrogens (primary N) is 1. The van der Waals surface area contributed by atoms with Crippen LogP contribution in [0, 0.1) is 17.1 Å². The summed E-state index contributed by atoms with van der Waals surface area (Å²) in [6.45, 7) is 4.71. The lowest BCUT2D eigenvalue weighted by molar-refractivity contribution is 0.249. The van der Waals surface area contributed by atoms with Crippen LogP contribution in [0.4, 0.5) is 4.39 Å². The minimum absolute atomic E-state index is 0.193. The first-order valence-electron chi connectivity index (χ1n) is 6.90. The number of nitrogen functional groups attached to an aromatic ring is 1. The van der Waals surface area contributed by atoms with Crippen molar-refractivity contribution in [2.75, 3.05) is 27.2 Å². The number of likely N-dealkylation sites (N-methyl/N-ethyl adjacent to an activating group) is 1. The van der Waals surface area contributed by atoms with Gasteiger partial charge < -0.3 is 10.6 Å². The van der Waals surface area contributed by atoms with Gasteiger partial charge in [0.2, 0.25) is 0 Å². The molecule has 1 aromatic carbocycles. The molecule has 1 saturated heterocycles. The maximum absolute atomic E-state index is 14.3. The lowest BCUT2D eigenvalue weighted by atomic mass is 10.1. The van der Waals surface area contributed by atoms with Crippen LogP contribution in [-0.2, 0) is 6.54 Å². The molecule has 0 aromatic heterocycles. The second kappa shape index (κ2) is 5.89. The average molecular weight is 278 g/mol. The van der Waals surface area contributed by atoms with Crippen LogP contribution in [0.3, 0.4) is 0 Å². The Hall–Kier alpha value is -1.46. The molecule has 1 aliphatic rings. The zero-order valence-corrected chi connectivity index (χ0v) is 12.4. The van der Waals surface area contributed by atoms with Gasteiger partial charge in [0, 0.05) is 31.2 Å². The summed E-state index contributed by atoms with van der Waals surface area (Å²) < 4.78 is 14.3. The van der Waals surface area contributed by atoms with Gasteiger partial charge in [-0.05, 0) is 26.1 Å². The van der Waals surface area contributed by atoms with E-state index in [2.05, 4.69) is 30.8 Å². The molecular weight excluding hydrogens is 255 g/mol. The zero-order chi connectivity index (χ0) is 14.9. The van der Waals surface area contributed by atoms with Crippen molar-refractivity contribution in [3.8, 4) is 0 Å². The summed E-state index contributed by atoms with van der Waals surface area (Å²) in [6.07, 6.45) is 0. The molecule has 1 aliphatic heterocycles. The molecule has 4 nitrogen and oxygen atoms in total. The standard InChI is InChI=1S/C15H23FN4/c1-10-7-20(9-13(10)19(2)3)8-11-5-4-6-12(14(11)16)15(17)18/h4-6,10,13H,7-9H2,1-3H3,(H3,17,18). The summed E-state index contributed by atoms with van der Waals surface area (Å²) >= 11 is 0. The van der Waals surface area contributed by atoms with Crippen LogP contribution in [0.1, 0.15) is 18.1 Å². The predicted molar refractivity (Wildman–Crippen MR) is 79.3 cm³/mol. The minimum Gasteiger partial charge on any atom is -0.384 e. The monoisotopic (exact) mass is 278 g/mol. The third-order valence-corrected chi connectivity index (χ3v) is 4.07. The van der Waals surface area contributed by atoms with E-state index in [0.717, 1.165) is 13.1 Å². The topological polar surface area (TPSA) is 56.4 Å². The molecule has 0 saturated carbocycles. The predicted octanol–water partition coefficient (Wildman–Crippen LogP) is 1.49. The number of amidine groups is 1. The van der Waals surface area contributed by atoms with Crippen LogP contribution in [0.5, 0.6) is 0 Å². The van der Waals surface area contributed by atoms with Gasteiger partial charge in [-0.1, -0.05) is 19.1 Å². The molecule has 0 amide bonds. The van der Waals surface area contributed by atoms with E-state index < -0.39 is 0 Å². The fourth-order valence-corrected chi connectivity index (χ4v) is 3.00. The van der Waals surface area contributed by atoms with Gasteiger partial charge in [-0.15, -0.1) is 0 Å². The number of halogens is 1. The molecule has 2 rings (SSSR count). The number of hydrogen-bond donors (Lipinski definition) is 2. The molecule has 1 fully saturated rings. The Morgan fingerprint density at radius 3 is 2.70 bits per heavy atom. The van der Waals surface area contributed by atoms with Gasteiger partial charge in [-0.25, -0.2) is 4.39 Å². The highest BCUT2D eigenvalue weighted by atomic mass is 19.1. The Morgan fingerprint density at radius 1 is 1.45 bits per heavy atom. The number of rotatable bonds is 4. The van der Waals surface area contributed by atoms with Gasteiger partial charge in [0.05, 0.1) is 5.56 Å². The summed E-state index contributed by atoms with van der Waals surface area (Å²) in [7, 11) is 4.17. The van der Waals surface area contributed by atoms with Crippen molar-refractivity contribution in [1.82, 2.24) is 9.80 Å². The molecule has 5 heteroatoms. The van der Waals surface area contributed by atoms with E-state index in [1.165, 1.54) is 0 Å². The van der Waals surface area contributed by atoms with Crippen LogP contribution < -0.4 is 5.73 Å². The van der Waals surface area contributed by atoms with Gasteiger partial charge in [-0.2, -0.15) is 0 Å². The first kappa shape index (κ1) is 14.9. The minimum atomic E-state index is -0.360. The SMILES string of the molecule is CC1CN(Cc2cccc(C(=N)N)c2F)CC1N(C)C. The van der Waals surface area contributed by atoms with Crippen LogP contribution in [0.25, 0.3) is 0 Å². The summed E-state index contributed by atoms with van der Waals surface area (Å²) in [5.74, 6) is -0.00434. The lowest BCUT2D eigenvalue weighted by Crippen LogP contribution is -2.34. The normalized spacial score (nSPS) is 23.4. The van der Waals surface area contributed by atoms with Crippen molar-refractivity contribution >= 4 is 5.84 Å². The second-order valence-corrected chi connectivity index (χ2v) is 5.89. The molecule has 1 aromatic rings. The molecule has 1 heterocycles. The summed E-state index contributed by atoms with van der Waals surface area (Å²) in [6, 6.07) is 5.60. The smallest absolute Gasteiger partial charge is 0.138 e. The molecule has 0 aliphatic carbocycles. The Morgan fingerprint density at radius 2 is 2.15 bits per heavy atom. The van der Waals surface area contributed by atoms with E-state index in [1.54, 1.807) is 18.2 Å². The van der Waals surface area contributed by atoms with E-state index in [4.69, 9.17) is 11.1 Å². The van der Waals surface area contributed by atoms with Crippen molar-refractivity contribution in [2.24, 2.45) is 11.7 Å². The third-order valence-electron chi connectivity index (χ3n) is 4.07. The highest BCUT2D eigenvalue weighted by Gasteiger charge is 2.31. The summed E-state index contributed by atoms with van der Waals surface area (Å²) in [5.41, 5.74) is 6.21. The van der Waals surface area contributed by atoms with Gasteiger partial charge >= 0.3 is 0 Å². The van der Waals surface area contributed by atoms with Crippen LogP contribution >= 0.6 is 0 Å². The second-order valence-electron chi connectivity index (χ2n) is 5.89. The van der Waals surface area contributed by atoms with Crippen LogP contribution in [-0.4, -0.2) is 48.9 Å². The molecular formula is C15H23FN4. The first-order chi connectivity index (χ1) is 9.40. The lowest BCUT2D eigenvalue weighted by Gasteiger charge is -2.22. The first-order valence-corrected chi connectivity index (χ1v) is 6.90. The molecule has 2 atom stereocenters. The van der Waals surface area contributed by atoms with E-state index in [9.17, 15) is 4.39 Å². The van der Waals surface area contributed by atoms with E-state index >= 15 is 0 Å². The fraction of sp³-hybridized carbons (Fsp3) is 0.533. The molecule has 20 heavy (non-hydrogen) atoms. The Bertz CT molecular complexity index is 501. The van der Waals surface area contributed by atoms with Gasteiger partial charge in [0.15, 0.2) is 0 Å². The zero-order valence-electron chi connectivity index (χ0n) is 12.4. The van der Waals surface area contributed by atoms with Crippen LogP contribution in [0.2, 0.25) is 0 Å². The fourth-order valence-electron chi connectivity index (χ4n) is 3.00. The maximum Gasteiger partial charge on any atom is 0.138 e. The molecule has 0 spiro atoms. The number of likely N-dealkylation sites (tertiary alicyclic amines) is 1. The molecule has 0 bridgehead atoms. The third kappa shape index (κ3) is 2.99. The maximum atomic E-state index is 14.3. The largest absolute Gasteiger partial charge is 0.384 e.